The van der Waals surface area contributed by atoms with Crippen molar-refractivity contribution >= 4 is 28.9 Å². The molecule has 0 aliphatic carbocycles. The first-order valence-corrected chi connectivity index (χ1v) is 9.15. The molecule has 0 bridgehead atoms. The third-order valence-electron chi connectivity index (χ3n) is 3.46. The zero-order valence-electron chi connectivity index (χ0n) is 13.0. The van der Waals surface area contributed by atoms with E-state index in [1.807, 2.05) is 43.5 Å². The molecular formula is C17H17N3OS2. The summed E-state index contributed by atoms with van der Waals surface area (Å²) in [4.78, 5) is 18.1. The third kappa shape index (κ3) is 4.09. The maximum atomic E-state index is 12.4. The summed E-state index contributed by atoms with van der Waals surface area (Å²) in [6.07, 6.45) is 0.746. The van der Waals surface area contributed by atoms with E-state index in [1.165, 1.54) is 16.6 Å². The van der Waals surface area contributed by atoms with Gasteiger partial charge in [0.25, 0.3) is 0 Å². The number of carbonyl (C=O) groups excluding carboxylic acids is 1. The summed E-state index contributed by atoms with van der Waals surface area (Å²) >= 11 is 3.07. The molecule has 3 rings (SSSR count). The molecule has 3 aromatic rings. The van der Waals surface area contributed by atoms with Crippen molar-refractivity contribution in [3.8, 4) is 0 Å². The van der Waals surface area contributed by atoms with Gasteiger partial charge < -0.3 is 0 Å². The van der Waals surface area contributed by atoms with Crippen LogP contribution in [0.1, 0.15) is 32.2 Å². The van der Waals surface area contributed by atoms with Gasteiger partial charge in [-0.25, -0.2) is 4.98 Å². The van der Waals surface area contributed by atoms with E-state index >= 15 is 0 Å². The number of aromatic amines is 1. The molecule has 1 aromatic carbocycles. The largest absolute Gasteiger partial charge is 0.293 e. The second kappa shape index (κ2) is 7.10. The average molecular weight is 343 g/mol. The highest BCUT2D eigenvalue weighted by Crippen LogP contribution is 2.19. The first-order valence-electron chi connectivity index (χ1n) is 7.29. The first kappa shape index (κ1) is 16.0. The average Bonchev–Trinajstić information content (AvgIpc) is 3.20. The number of Topliss-reactive ketones (excluding diaryl/α,β-unsaturated/α-hetero) is 1. The number of ketones is 1. The lowest BCUT2D eigenvalue weighted by molar-refractivity contribution is 0.102. The third-order valence-corrected chi connectivity index (χ3v) is 5.18. The van der Waals surface area contributed by atoms with Crippen molar-refractivity contribution in [3.05, 3.63) is 63.1 Å². The summed E-state index contributed by atoms with van der Waals surface area (Å²) in [5.74, 6) is 1.29. The minimum Gasteiger partial charge on any atom is -0.293 e. The van der Waals surface area contributed by atoms with Crippen LogP contribution in [0.15, 0.2) is 40.9 Å². The van der Waals surface area contributed by atoms with Crippen LogP contribution < -0.4 is 0 Å². The van der Waals surface area contributed by atoms with Crippen LogP contribution in [0, 0.1) is 13.8 Å². The molecule has 0 fully saturated rings. The summed E-state index contributed by atoms with van der Waals surface area (Å²) in [5.41, 5.74) is 2.89. The Morgan fingerprint density at radius 2 is 2.17 bits per heavy atom. The molecule has 6 heteroatoms. The number of hydrogen-bond donors (Lipinski definition) is 1. The maximum Gasteiger partial charge on any atom is 0.208 e. The molecule has 0 saturated heterocycles. The van der Waals surface area contributed by atoms with E-state index in [9.17, 15) is 4.79 Å². The van der Waals surface area contributed by atoms with E-state index in [4.69, 9.17) is 0 Å². The molecular weight excluding hydrogens is 326 g/mol. The van der Waals surface area contributed by atoms with Crippen LogP contribution in [0.3, 0.4) is 0 Å². The standard InChI is InChI=1S/C17H17N3OS2/c1-11-5-6-12(2)14(8-11)15(21)10-23-17-18-16(19-20-17)9-13-4-3-7-22-13/h3-8H,9-10H2,1-2H3,(H,18,19,20). The molecule has 2 aromatic heterocycles. The van der Waals surface area contributed by atoms with Crippen molar-refractivity contribution in [3.63, 3.8) is 0 Å². The number of nitrogens with one attached hydrogen (secondary N) is 1. The molecule has 0 amide bonds. The fourth-order valence-corrected chi connectivity index (χ4v) is 3.65. The normalized spacial score (nSPS) is 10.9. The van der Waals surface area contributed by atoms with Crippen LogP contribution in [0.5, 0.6) is 0 Å². The van der Waals surface area contributed by atoms with Crippen molar-refractivity contribution in [1.82, 2.24) is 15.2 Å². The van der Waals surface area contributed by atoms with Crippen molar-refractivity contribution in [1.29, 1.82) is 0 Å². The number of hydrogen-bond acceptors (Lipinski definition) is 5. The highest BCUT2D eigenvalue weighted by Gasteiger charge is 2.12. The Morgan fingerprint density at radius 1 is 1.30 bits per heavy atom. The van der Waals surface area contributed by atoms with E-state index in [0.717, 1.165) is 28.9 Å². The Bertz CT molecular complexity index is 809. The fraction of sp³-hybridized carbons (Fsp3) is 0.235. The lowest BCUT2D eigenvalue weighted by Crippen LogP contribution is -2.05. The summed E-state index contributed by atoms with van der Waals surface area (Å²) in [7, 11) is 0. The van der Waals surface area contributed by atoms with Crippen molar-refractivity contribution in [2.45, 2.75) is 25.4 Å². The molecule has 0 aliphatic rings. The van der Waals surface area contributed by atoms with Crippen molar-refractivity contribution in [2.75, 3.05) is 5.75 Å². The molecule has 1 N–H and O–H groups in total. The Labute approximate surface area is 143 Å². The van der Waals surface area contributed by atoms with Gasteiger partial charge in [-0.3, -0.25) is 9.89 Å². The Hall–Kier alpha value is -1.92. The van der Waals surface area contributed by atoms with Crippen LogP contribution in [-0.4, -0.2) is 26.7 Å². The summed E-state index contributed by atoms with van der Waals surface area (Å²) in [6.45, 7) is 3.96. The van der Waals surface area contributed by atoms with Gasteiger partial charge in [0.15, 0.2) is 5.78 Å². The summed E-state index contributed by atoms with van der Waals surface area (Å²) in [5, 5.41) is 9.79. The zero-order chi connectivity index (χ0) is 16.2. The van der Waals surface area contributed by atoms with E-state index in [1.54, 1.807) is 11.3 Å². The fourth-order valence-electron chi connectivity index (χ4n) is 2.24. The number of rotatable bonds is 6. The molecule has 118 valence electrons. The quantitative estimate of drug-likeness (QED) is 0.542. The smallest absolute Gasteiger partial charge is 0.208 e. The molecule has 0 unspecified atom stereocenters. The second-order valence-electron chi connectivity index (χ2n) is 5.35. The van der Waals surface area contributed by atoms with Gasteiger partial charge in [0.05, 0.1) is 5.75 Å². The lowest BCUT2D eigenvalue weighted by Gasteiger charge is -2.05. The molecule has 0 saturated carbocycles. The van der Waals surface area contributed by atoms with Crippen molar-refractivity contribution in [2.24, 2.45) is 0 Å². The van der Waals surface area contributed by atoms with Gasteiger partial charge in [-0.05, 0) is 36.9 Å². The number of aryl methyl sites for hydroxylation is 2. The van der Waals surface area contributed by atoms with E-state index in [0.29, 0.717) is 10.9 Å². The topological polar surface area (TPSA) is 58.6 Å². The number of aromatic nitrogens is 3. The Morgan fingerprint density at radius 3 is 2.96 bits per heavy atom. The zero-order valence-corrected chi connectivity index (χ0v) is 14.6. The summed E-state index contributed by atoms with van der Waals surface area (Å²) < 4.78 is 0. The molecule has 4 nitrogen and oxygen atoms in total. The van der Waals surface area contributed by atoms with Gasteiger partial charge in [-0.1, -0.05) is 35.5 Å². The van der Waals surface area contributed by atoms with Crippen molar-refractivity contribution < 1.29 is 4.79 Å². The Kier molecular flexibility index (Phi) is 4.93. The van der Waals surface area contributed by atoms with Crippen LogP contribution in [-0.2, 0) is 6.42 Å². The highest BCUT2D eigenvalue weighted by atomic mass is 32.2. The monoisotopic (exact) mass is 343 g/mol. The van der Waals surface area contributed by atoms with Gasteiger partial charge in [-0.15, -0.1) is 16.4 Å². The SMILES string of the molecule is Cc1ccc(C)c(C(=O)CSc2n[nH]c(Cc3cccs3)n2)c1. The molecule has 23 heavy (non-hydrogen) atoms. The van der Waals surface area contributed by atoms with E-state index < -0.39 is 0 Å². The predicted molar refractivity (Wildman–Crippen MR) is 94.5 cm³/mol. The number of benzene rings is 1. The van der Waals surface area contributed by atoms with Crippen LogP contribution in [0.2, 0.25) is 0 Å². The van der Waals surface area contributed by atoms with Gasteiger partial charge in [0.2, 0.25) is 5.16 Å². The van der Waals surface area contributed by atoms with Crippen LogP contribution in [0.4, 0.5) is 0 Å². The molecule has 0 atom stereocenters. The lowest BCUT2D eigenvalue weighted by atomic mass is 10.0. The minimum atomic E-state index is 0.112. The van der Waals surface area contributed by atoms with Gasteiger partial charge in [0, 0.05) is 16.9 Å². The van der Waals surface area contributed by atoms with Crippen LogP contribution in [0.25, 0.3) is 0 Å². The Balaban J connectivity index is 1.61. The number of H-pyrrole nitrogens is 1. The van der Waals surface area contributed by atoms with Crippen LogP contribution >= 0.6 is 23.1 Å². The highest BCUT2D eigenvalue weighted by molar-refractivity contribution is 7.99. The minimum absolute atomic E-state index is 0.112. The number of thioether (sulfide) groups is 1. The van der Waals surface area contributed by atoms with Gasteiger partial charge in [-0.2, -0.15) is 0 Å². The predicted octanol–water partition coefficient (Wildman–Crippen LogP) is 4.05. The maximum absolute atomic E-state index is 12.4. The second-order valence-corrected chi connectivity index (χ2v) is 7.33. The number of thiophene rings is 1. The molecule has 0 aliphatic heterocycles. The molecule has 2 heterocycles. The van der Waals surface area contributed by atoms with E-state index in [2.05, 4.69) is 21.2 Å². The van der Waals surface area contributed by atoms with Gasteiger partial charge >= 0.3 is 0 Å². The molecule has 0 spiro atoms. The number of carbonyl (C=O) groups is 1. The number of nitrogens with zero attached hydrogens (tertiary/aromatic N) is 2. The van der Waals surface area contributed by atoms with Gasteiger partial charge in [0.1, 0.15) is 5.82 Å². The first-order chi connectivity index (χ1) is 11.1. The summed E-state index contributed by atoms with van der Waals surface area (Å²) in [6, 6.07) is 10.0. The molecule has 0 radical (unpaired) electrons. The van der Waals surface area contributed by atoms with E-state index in [-0.39, 0.29) is 5.78 Å².